The van der Waals surface area contributed by atoms with Gasteiger partial charge in [0.1, 0.15) is 5.75 Å². The third-order valence-electron chi connectivity index (χ3n) is 3.71. The van der Waals surface area contributed by atoms with Gasteiger partial charge in [-0.15, -0.1) is 11.8 Å². The maximum Gasteiger partial charge on any atom is 0.230 e. The van der Waals surface area contributed by atoms with Crippen LogP contribution in [-0.4, -0.2) is 37.1 Å². The number of rotatable bonds is 6. The summed E-state index contributed by atoms with van der Waals surface area (Å²) in [6.45, 7) is 4.14. The molecule has 5 heteroatoms. The minimum atomic E-state index is 0.00113. The second-order valence-corrected chi connectivity index (χ2v) is 6.61. The van der Waals surface area contributed by atoms with Crippen molar-refractivity contribution in [3.8, 4) is 5.75 Å². The highest BCUT2D eigenvalue weighted by Crippen LogP contribution is 2.21. The van der Waals surface area contributed by atoms with Gasteiger partial charge in [0.15, 0.2) is 0 Å². The summed E-state index contributed by atoms with van der Waals surface area (Å²) in [7, 11) is 1.65. The van der Waals surface area contributed by atoms with Crippen LogP contribution in [0, 0.1) is 0 Å². The molecule has 0 aliphatic carbocycles. The van der Waals surface area contributed by atoms with Crippen molar-refractivity contribution in [2.24, 2.45) is 0 Å². The topological polar surface area (TPSA) is 50.4 Å². The summed E-state index contributed by atoms with van der Waals surface area (Å²) in [6.07, 6.45) is 2.31. The molecule has 1 aliphatic heterocycles. The van der Waals surface area contributed by atoms with Crippen molar-refractivity contribution in [2.45, 2.75) is 31.1 Å². The standard InChI is InChI=1S/C16H24N2O2S/c1-12(13-4-3-5-14(10-13)20-2)18-16(19)11-21-15-6-8-17-9-7-15/h3-5,10,12,15,17H,6-9,11H2,1-2H3,(H,18,19)/t12-/m1/s1. The molecule has 1 atom stereocenters. The number of methoxy groups -OCH3 is 1. The van der Waals surface area contributed by atoms with Crippen LogP contribution in [0.4, 0.5) is 0 Å². The number of piperidine rings is 1. The van der Waals surface area contributed by atoms with Crippen LogP contribution >= 0.6 is 11.8 Å². The fraction of sp³-hybridized carbons (Fsp3) is 0.562. The first-order valence-corrected chi connectivity index (χ1v) is 8.49. The van der Waals surface area contributed by atoms with Crippen molar-refractivity contribution in [3.05, 3.63) is 29.8 Å². The van der Waals surface area contributed by atoms with Crippen LogP contribution in [0.1, 0.15) is 31.4 Å². The van der Waals surface area contributed by atoms with Gasteiger partial charge in [0.25, 0.3) is 0 Å². The van der Waals surface area contributed by atoms with Gasteiger partial charge in [0, 0.05) is 5.25 Å². The van der Waals surface area contributed by atoms with E-state index < -0.39 is 0 Å². The van der Waals surface area contributed by atoms with Crippen LogP contribution in [-0.2, 0) is 4.79 Å². The average Bonchev–Trinajstić information content (AvgIpc) is 2.54. The molecule has 1 aromatic rings. The Hall–Kier alpha value is -1.20. The van der Waals surface area contributed by atoms with Gasteiger partial charge >= 0.3 is 0 Å². The third kappa shape index (κ3) is 5.25. The first kappa shape index (κ1) is 16.2. The van der Waals surface area contributed by atoms with Crippen molar-refractivity contribution in [1.82, 2.24) is 10.6 Å². The molecule has 1 fully saturated rings. The molecule has 0 spiro atoms. The van der Waals surface area contributed by atoms with Gasteiger partial charge in [0.05, 0.1) is 18.9 Å². The molecule has 1 heterocycles. The number of hydrogen-bond donors (Lipinski definition) is 2. The molecular weight excluding hydrogens is 284 g/mol. The van der Waals surface area contributed by atoms with Gasteiger partial charge in [-0.2, -0.15) is 0 Å². The molecule has 0 radical (unpaired) electrons. The van der Waals surface area contributed by atoms with Crippen LogP contribution in [0.5, 0.6) is 5.75 Å². The number of nitrogens with one attached hydrogen (secondary N) is 2. The summed E-state index contributed by atoms with van der Waals surface area (Å²) >= 11 is 1.77. The number of carbonyl (C=O) groups excluding carboxylic acids is 1. The van der Waals surface area contributed by atoms with E-state index in [1.165, 1.54) is 0 Å². The Labute approximate surface area is 131 Å². The van der Waals surface area contributed by atoms with Gasteiger partial charge in [-0.3, -0.25) is 4.79 Å². The first-order chi connectivity index (χ1) is 10.2. The lowest BCUT2D eigenvalue weighted by molar-refractivity contribution is -0.119. The Bertz CT molecular complexity index is 461. The number of amides is 1. The van der Waals surface area contributed by atoms with Crippen LogP contribution < -0.4 is 15.4 Å². The number of ether oxygens (including phenoxy) is 1. The van der Waals surface area contributed by atoms with Crippen molar-refractivity contribution in [1.29, 1.82) is 0 Å². The van der Waals surface area contributed by atoms with Crippen molar-refractivity contribution < 1.29 is 9.53 Å². The maximum absolute atomic E-state index is 12.0. The number of benzene rings is 1. The quantitative estimate of drug-likeness (QED) is 0.847. The number of hydrogen-bond acceptors (Lipinski definition) is 4. The lowest BCUT2D eigenvalue weighted by Gasteiger charge is -2.22. The molecule has 1 aliphatic rings. The molecule has 0 aromatic heterocycles. The van der Waals surface area contributed by atoms with Gasteiger partial charge in [-0.1, -0.05) is 12.1 Å². The molecule has 2 N–H and O–H groups in total. The van der Waals surface area contributed by atoms with Crippen molar-refractivity contribution >= 4 is 17.7 Å². The van der Waals surface area contributed by atoms with Crippen LogP contribution in [0.25, 0.3) is 0 Å². The average molecular weight is 308 g/mol. The van der Waals surface area contributed by atoms with E-state index in [2.05, 4.69) is 10.6 Å². The summed E-state index contributed by atoms with van der Waals surface area (Å²) in [6, 6.07) is 7.82. The number of carbonyl (C=O) groups is 1. The zero-order chi connectivity index (χ0) is 15.1. The summed E-state index contributed by atoms with van der Waals surface area (Å²) in [5.41, 5.74) is 1.06. The molecule has 116 valence electrons. The molecule has 4 nitrogen and oxygen atoms in total. The van der Waals surface area contributed by atoms with Gasteiger partial charge in [-0.05, 0) is 50.6 Å². The zero-order valence-electron chi connectivity index (χ0n) is 12.7. The zero-order valence-corrected chi connectivity index (χ0v) is 13.5. The molecule has 2 rings (SSSR count). The Balaban J connectivity index is 1.78. The van der Waals surface area contributed by atoms with Crippen LogP contribution in [0.2, 0.25) is 0 Å². The largest absolute Gasteiger partial charge is 0.497 e. The fourth-order valence-corrected chi connectivity index (χ4v) is 3.47. The monoisotopic (exact) mass is 308 g/mol. The molecule has 1 amide bonds. The Morgan fingerprint density at radius 3 is 2.95 bits per heavy atom. The third-order valence-corrected chi connectivity index (χ3v) is 5.08. The van der Waals surface area contributed by atoms with E-state index in [9.17, 15) is 4.79 Å². The molecule has 0 saturated carbocycles. The van der Waals surface area contributed by atoms with E-state index in [0.717, 1.165) is 37.2 Å². The van der Waals surface area contributed by atoms with E-state index in [0.29, 0.717) is 11.0 Å². The smallest absolute Gasteiger partial charge is 0.230 e. The molecule has 1 saturated heterocycles. The summed E-state index contributed by atoms with van der Waals surface area (Å²) in [5.74, 6) is 1.46. The van der Waals surface area contributed by atoms with Crippen molar-refractivity contribution in [2.75, 3.05) is 26.0 Å². The Kier molecular flexibility index (Phi) is 6.39. The summed E-state index contributed by atoms with van der Waals surface area (Å²) in [5, 5.41) is 7.01. The van der Waals surface area contributed by atoms with Crippen LogP contribution in [0.3, 0.4) is 0 Å². The van der Waals surface area contributed by atoms with E-state index in [4.69, 9.17) is 4.74 Å². The minimum Gasteiger partial charge on any atom is -0.497 e. The van der Waals surface area contributed by atoms with E-state index in [1.54, 1.807) is 18.9 Å². The predicted octanol–water partition coefficient (Wildman–Crippen LogP) is 2.36. The maximum atomic E-state index is 12.0. The van der Waals surface area contributed by atoms with E-state index >= 15 is 0 Å². The minimum absolute atomic E-state index is 0.00113. The second kappa shape index (κ2) is 8.29. The van der Waals surface area contributed by atoms with Gasteiger partial charge in [0.2, 0.25) is 5.91 Å². The Morgan fingerprint density at radius 2 is 2.24 bits per heavy atom. The first-order valence-electron chi connectivity index (χ1n) is 7.44. The number of thioether (sulfide) groups is 1. The second-order valence-electron chi connectivity index (χ2n) is 5.33. The lowest BCUT2D eigenvalue weighted by Crippen LogP contribution is -2.32. The Morgan fingerprint density at radius 1 is 1.48 bits per heavy atom. The highest BCUT2D eigenvalue weighted by atomic mass is 32.2. The molecular formula is C16H24N2O2S. The summed E-state index contributed by atoms with van der Waals surface area (Å²) < 4.78 is 5.21. The van der Waals surface area contributed by atoms with Gasteiger partial charge < -0.3 is 15.4 Å². The molecule has 0 unspecified atom stereocenters. The molecule has 1 aromatic carbocycles. The molecule has 21 heavy (non-hydrogen) atoms. The van der Waals surface area contributed by atoms with E-state index in [1.807, 2.05) is 31.2 Å². The van der Waals surface area contributed by atoms with Gasteiger partial charge in [-0.25, -0.2) is 0 Å². The highest BCUT2D eigenvalue weighted by Gasteiger charge is 2.16. The van der Waals surface area contributed by atoms with Crippen molar-refractivity contribution in [3.63, 3.8) is 0 Å². The predicted molar refractivity (Wildman–Crippen MR) is 87.9 cm³/mol. The normalized spacial score (nSPS) is 17.2. The highest BCUT2D eigenvalue weighted by molar-refractivity contribution is 8.00. The summed E-state index contributed by atoms with van der Waals surface area (Å²) in [4.78, 5) is 12.0. The fourth-order valence-electron chi connectivity index (χ4n) is 2.43. The van der Waals surface area contributed by atoms with Crippen LogP contribution in [0.15, 0.2) is 24.3 Å². The lowest BCUT2D eigenvalue weighted by atomic mass is 10.1. The SMILES string of the molecule is COc1cccc([C@@H](C)NC(=O)CSC2CCNCC2)c1. The molecule has 0 bridgehead atoms. The van der Waals surface area contributed by atoms with E-state index in [-0.39, 0.29) is 11.9 Å².